The summed E-state index contributed by atoms with van der Waals surface area (Å²) in [7, 11) is 1.49. The van der Waals surface area contributed by atoms with Crippen LogP contribution in [0.4, 0.5) is 5.69 Å². The van der Waals surface area contributed by atoms with Crippen molar-refractivity contribution in [1.82, 2.24) is 0 Å². The van der Waals surface area contributed by atoms with Crippen LogP contribution in [0.1, 0.15) is 45.9 Å². The molecular formula is C17H26N2O3. The monoisotopic (exact) mass is 306 g/mol. The van der Waals surface area contributed by atoms with Crippen LogP contribution in [0.2, 0.25) is 0 Å². The van der Waals surface area contributed by atoms with E-state index in [0.29, 0.717) is 17.0 Å². The van der Waals surface area contributed by atoms with Crippen molar-refractivity contribution in [3.63, 3.8) is 0 Å². The molecule has 1 amide bonds. The van der Waals surface area contributed by atoms with Gasteiger partial charge in [0.1, 0.15) is 12.3 Å². The molecule has 0 heterocycles. The third-order valence-electron chi connectivity index (χ3n) is 2.93. The Bertz CT molecular complexity index is 578. The highest BCUT2D eigenvalue weighted by atomic mass is 16.5. The molecule has 0 fully saturated rings. The number of nitrogens with zero attached hydrogens (tertiary/aromatic N) is 1. The summed E-state index contributed by atoms with van der Waals surface area (Å²) in [5, 5.41) is 2.74. The van der Waals surface area contributed by atoms with Crippen molar-refractivity contribution in [2.75, 3.05) is 19.0 Å². The van der Waals surface area contributed by atoms with Crippen LogP contribution in [-0.4, -0.2) is 31.6 Å². The molecule has 0 unspecified atom stereocenters. The van der Waals surface area contributed by atoms with Crippen LogP contribution in [0, 0.1) is 5.41 Å². The van der Waals surface area contributed by atoms with Gasteiger partial charge in [-0.2, -0.15) is 0 Å². The van der Waals surface area contributed by atoms with Gasteiger partial charge in [0.05, 0.1) is 12.7 Å². The summed E-state index contributed by atoms with van der Waals surface area (Å²) in [6.45, 7) is 7.89. The first-order valence-corrected chi connectivity index (χ1v) is 7.20. The Morgan fingerprint density at radius 2 is 2.05 bits per heavy atom. The number of rotatable bonds is 6. The van der Waals surface area contributed by atoms with E-state index in [1.807, 2.05) is 0 Å². The van der Waals surface area contributed by atoms with Crippen molar-refractivity contribution in [3.05, 3.63) is 23.8 Å². The van der Waals surface area contributed by atoms with Crippen molar-refractivity contribution >= 4 is 23.6 Å². The average molecular weight is 306 g/mol. The Morgan fingerprint density at radius 3 is 2.59 bits per heavy atom. The van der Waals surface area contributed by atoms with Crippen LogP contribution in [0.25, 0.3) is 0 Å². The first kappa shape index (κ1) is 17.9. The summed E-state index contributed by atoms with van der Waals surface area (Å²) in [4.78, 5) is 27.4. The number of ketones is 1. The lowest BCUT2D eigenvalue weighted by Gasteiger charge is -2.13. The van der Waals surface area contributed by atoms with Crippen LogP contribution in [0.15, 0.2) is 23.2 Å². The fourth-order valence-electron chi connectivity index (χ4n) is 1.75. The number of benzene rings is 1. The molecule has 0 aliphatic carbocycles. The third-order valence-corrected chi connectivity index (χ3v) is 2.93. The molecule has 0 radical (unpaired) electrons. The number of carbonyl (C=O) groups is 2. The van der Waals surface area contributed by atoms with Crippen molar-refractivity contribution in [2.24, 2.45) is 10.4 Å². The molecule has 0 aliphatic rings. The smallest absolute Gasteiger partial charge is 0.246 e. The molecule has 22 heavy (non-hydrogen) atoms. The van der Waals surface area contributed by atoms with Gasteiger partial charge in [-0.3, -0.25) is 14.6 Å². The van der Waals surface area contributed by atoms with E-state index in [9.17, 15) is 9.59 Å². The predicted octanol–water partition coefficient (Wildman–Crippen LogP) is 3.59. The summed E-state index contributed by atoms with van der Waals surface area (Å²) in [5.41, 5.74) is 1.23. The normalized spacial score (nSPS) is 11.5. The lowest BCUT2D eigenvalue weighted by Crippen LogP contribution is -2.15. The fourth-order valence-corrected chi connectivity index (χ4v) is 1.75. The number of aliphatic imine (C=N–C) groups is 1. The lowest BCUT2D eigenvalue weighted by atomic mass is 9.93. The molecule has 1 rings (SSSR count). The van der Waals surface area contributed by atoms with E-state index in [4.69, 9.17) is 4.74 Å². The minimum Gasteiger partial charge on any atom is -0.496 e. The quantitative estimate of drug-likeness (QED) is 0.645. The number of carbonyl (C=O) groups excluding carboxylic acids is 2. The summed E-state index contributed by atoms with van der Waals surface area (Å²) in [6.07, 6.45) is 2.60. The Kier molecular flexibility index (Phi) is 6.28. The zero-order valence-corrected chi connectivity index (χ0v) is 13.9. The number of Topliss-reactive ketones (excluding diaryl/α,β-unsaturated/α-hetero) is 1. The number of ether oxygens (including phenoxy) is 1. The number of hydrogen-bond donors (Lipinski definition) is 1. The van der Waals surface area contributed by atoms with Gasteiger partial charge in [0, 0.05) is 13.2 Å². The highest BCUT2D eigenvalue weighted by Gasteiger charge is 2.10. The van der Waals surface area contributed by atoms with Crippen LogP contribution >= 0.6 is 0 Å². The second kappa shape index (κ2) is 7.73. The van der Waals surface area contributed by atoms with E-state index in [1.54, 1.807) is 24.4 Å². The minimum atomic E-state index is -0.206. The van der Waals surface area contributed by atoms with Crippen LogP contribution < -0.4 is 10.1 Å². The van der Waals surface area contributed by atoms with Gasteiger partial charge in [0.2, 0.25) is 5.91 Å². The topological polar surface area (TPSA) is 67.8 Å². The number of nitrogens with one attached hydrogen (secondary N) is 1. The van der Waals surface area contributed by atoms with Gasteiger partial charge in [0.15, 0.2) is 5.78 Å². The summed E-state index contributed by atoms with van der Waals surface area (Å²) < 4.78 is 5.16. The van der Waals surface area contributed by atoms with Gasteiger partial charge >= 0.3 is 0 Å². The van der Waals surface area contributed by atoms with Crippen molar-refractivity contribution in [2.45, 2.75) is 34.1 Å². The maximum Gasteiger partial charge on any atom is 0.246 e. The molecule has 5 nitrogen and oxygen atoms in total. The molecule has 0 spiro atoms. The Hall–Kier alpha value is -2.17. The second-order valence-corrected chi connectivity index (χ2v) is 6.31. The number of hydrogen-bond acceptors (Lipinski definition) is 4. The second-order valence-electron chi connectivity index (χ2n) is 6.31. The zero-order chi connectivity index (χ0) is 16.8. The van der Waals surface area contributed by atoms with Crippen molar-refractivity contribution in [1.29, 1.82) is 0 Å². The fraction of sp³-hybridized carbons (Fsp3) is 0.471. The number of methoxy groups -OCH3 is 1. The molecule has 1 N–H and O–H groups in total. The Morgan fingerprint density at radius 1 is 1.36 bits per heavy atom. The molecular weight excluding hydrogens is 280 g/mol. The largest absolute Gasteiger partial charge is 0.496 e. The van der Waals surface area contributed by atoms with Gasteiger partial charge < -0.3 is 10.1 Å². The standard InChI is InChI=1S/C17H24N2O3.H2/c1-12(20)14-7-6-13(10-15(14)22-5)19-16(21)11-18-9-8-17(2,3)4;/h6-7,9-10H,8,11H2,1-5H3,(H,19,21);1H. The van der Waals surface area contributed by atoms with Crippen LogP contribution in [-0.2, 0) is 4.79 Å². The maximum atomic E-state index is 11.8. The van der Waals surface area contributed by atoms with E-state index in [-0.39, 0.29) is 25.1 Å². The van der Waals surface area contributed by atoms with Crippen LogP contribution in [0.3, 0.4) is 0 Å². The zero-order valence-electron chi connectivity index (χ0n) is 13.9. The average Bonchev–Trinajstić information content (AvgIpc) is 2.42. The van der Waals surface area contributed by atoms with Gasteiger partial charge in [-0.05, 0) is 37.1 Å². The molecule has 0 bridgehead atoms. The van der Waals surface area contributed by atoms with Crippen LogP contribution in [0.5, 0.6) is 5.75 Å². The third kappa shape index (κ3) is 6.08. The van der Waals surface area contributed by atoms with E-state index in [1.165, 1.54) is 14.0 Å². The molecule has 0 saturated heterocycles. The van der Waals surface area contributed by atoms with Gasteiger partial charge in [0.25, 0.3) is 0 Å². The summed E-state index contributed by atoms with van der Waals surface area (Å²) in [5.74, 6) is 0.158. The molecule has 5 heteroatoms. The SMILES string of the molecule is COc1cc(NC(=O)CN=CCC(C)(C)C)ccc1C(C)=O.[HH]. The summed E-state index contributed by atoms with van der Waals surface area (Å²) in [6, 6.07) is 4.95. The minimum absolute atomic E-state index is 0. The highest BCUT2D eigenvalue weighted by Crippen LogP contribution is 2.23. The van der Waals surface area contributed by atoms with E-state index in [0.717, 1.165) is 6.42 Å². The molecule has 0 saturated carbocycles. The molecule has 122 valence electrons. The number of anilines is 1. The highest BCUT2D eigenvalue weighted by molar-refractivity contribution is 5.98. The molecule has 0 aromatic heterocycles. The molecule has 1 aromatic rings. The summed E-state index contributed by atoms with van der Waals surface area (Å²) >= 11 is 0. The Labute approximate surface area is 133 Å². The maximum absolute atomic E-state index is 11.8. The number of amides is 1. The molecule has 0 atom stereocenters. The van der Waals surface area contributed by atoms with E-state index in [2.05, 4.69) is 31.1 Å². The predicted molar refractivity (Wildman–Crippen MR) is 91.2 cm³/mol. The first-order chi connectivity index (χ1) is 10.2. The lowest BCUT2D eigenvalue weighted by molar-refractivity contribution is -0.114. The Balaban J connectivity index is 0.00000484. The van der Waals surface area contributed by atoms with Gasteiger partial charge in [-0.25, -0.2) is 0 Å². The molecule has 0 aliphatic heterocycles. The van der Waals surface area contributed by atoms with Crippen molar-refractivity contribution < 1.29 is 15.8 Å². The first-order valence-electron chi connectivity index (χ1n) is 7.20. The van der Waals surface area contributed by atoms with Gasteiger partial charge in [-0.1, -0.05) is 20.8 Å². The van der Waals surface area contributed by atoms with Crippen molar-refractivity contribution in [3.8, 4) is 5.75 Å². The van der Waals surface area contributed by atoms with E-state index >= 15 is 0 Å². The van der Waals surface area contributed by atoms with Gasteiger partial charge in [-0.15, -0.1) is 0 Å². The molecule has 1 aromatic carbocycles. The van der Waals surface area contributed by atoms with E-state index < -0.39 is 0 Å².